The maximum atomic E-state index is 4.55. The summed E-state index contributed by atoms with van der Waals surface area (Å²) in [5.41, 5.74) is 2.61. The van der Waals surface area contributed by atoms with Crippen LogP contribution in [0.1, 0.15) is 63.1 Å². The fourth-order valence-corrected chi connectivity index (χ4v) is 2.98. The van der Waals surface area contributed by atoms with E-state index < -0.39 is 0 Å². The summed E-state index contributed by atoms with van der Waals surface area (Å²) in [6.07, 6.45) is 9.28. The molecule has 0 atom stereocenters. The van der Waals surface area contributed by atoms with E-state index in [0.717, 1.165) is 12.5 Å². The fourth-order valence-electron chi connectivity index (χ4n) is 2.98. The highest BCUT2D eigenvalue weighted by molar-refractivity contribution is 5.19. The van der Waals surface area contributed by atoms with Gasteiger partial charge in [0.05, 0.1) is 5.69 Å². The fraction of sp³-hybridized carbons (Fsp3) is 0.800. The van der Waals surface area contributed by atoms with Gasteiger partial charge in [0.2, 0.25) is 0 Å². The van der Waals surface area contributed by atoms with Crippen molar-refractivity contribution in [2.45, 2.75) is 58.4 Å². The van der Waals surface area contributed by atoms with Gasteiger partial charge in [-0.3, -0.25) is 4.68 Å². The number of rotatable bonds is 5. The normalized spacial score (nSPS) is 17.6. The molecule has 2 rings (SSSR count). The topological polar surface area (TPSA) is 29.9 Å². The van der Waals surface area contributed by atoms with E-state index >= 15 is 0 Å². The second-order valence-corrected chi connectivity index (χ2v) is 6.00. The van der Waals surface area contributed by atoms with Gasteiger partial charge in [0.15, 0.2) is 0 Å². The van der Waals surface area contributed by atoms with Gasteiger partial charge in [-0.05, 0) is 31.2 Å². The first-order valence-corrected chi connectivity index (χ1v) is 7.40. The molecular formula is C15H27N3. The highest BCUT2D eigenvalue weighted by atomic mass is 15.3. The Morgan fingerprint density at radius 3 is 2.72 bits per heavy atom. The first kappa shape index (κ1) is 13.6. The molecule has 0 spiro atoms. The summed E-state index contributed by atoms with van der Waals surface area (Å²) in [6, 6.07) is 0. The molecule has 102 valence electrons. The van der Waals surface area contributed by atoms with Gasteiger partial charge < -0.3 is 5.32 Å². The quantitative estimate of drug-likeness (QED) is 0.868. The summed E-state index contributed by atoms with van der Waals surface area (Å²) in [5.74, 6) is 1.41. The zero-order valence-corrected chi connectivity index (χ0v) is 12.1. The lowest BCUT2D eigenvalue weighted by Crippen LogP contribution is -2.24. The summed E-state index contributed by atoms with van der Waals surface area (Å²) >= 11 is 0. The molecule has 1 heterocycles. The molecule has 0 aromatic carbocycles. The van der Waals surface area contributed by atoms with Crippen molar-refractivity contribution in [1.82, 2.24) is 15.1 Å². The van der Waals surface area contributed by atoms with E-state index in [1.807, 2.05) is 11.7 Å². The van der Waals surface area contributed by atoms with E-state index in [1.165, 1.54) is 49.9 Å². The van der Waals surface area contributed by atoms with Crippen LogP contribution >= 0.6 is 0 Å². The zero-order chi connectivity index (χ0) is 13.0. The van der Waals surface area contributed by atoms with Crippen molar-refractivity contribution in [3.05, 3.63) is 17.5 Å². The molecule has 1 fully saturated rings. The molecule has 1 aromatic rings. The van der Waals surface area contributed by atoms with E-state index in [-0.39, 0.29) is 0 Å². The smallest absolute Gasteiger partial charge is 0.0694 e. The van der Waals surface area contributed by atoms with Crippen LogP contribution in [0.25, 0.3) is 0 Å². The lowest BCUT2D eigenvalue weighted by atomic mass is 9.89. The van der Waals surface area contributed by atoms with Crippen LogP contribution in [0.5, 0.6) is 0 Å². The molecule has 1 N–H and O–H groups in total. The van der Waals surface area contributed by atoms with Gasteiger partial charge in [0, 0.05) is 25.4 Å². The summed E-state index contributed by atoms with van der Waals surface area (Å²) in [6.45, 7) is 6.57. The average molecular weight is 249 g/mol. The molecule has 0 unspecified atom stereocenters. The van der Waals surface area contributed by atoms with Crippen LogP contribution in [0.2, 0.25) is 0 Å². The van der Waals surface area contributed by atoms with Gasteiger partial charge in [-0.2, -0.15) is 5.10 Å². The maximum absolute atomic E-state index is 4.55. The molecule has 0 radical (unpaired) electrons. The third-order valence-electron chi connectivity index (χ3n) is 3.96. The number of hydrogen-bond acceptors (Lipinski definition) is 2. The Hall–Kier alpha value is -0.830. The van der Waals surface area contributed by atoms with Crippen molar-refractivity contribution in [3.8, 4) is 0 Å². The first-order valence-electron chi connectivity index (χ1n) is 7.40. The second-order valence-electron chi connectivity index (χ2n) is 6.00. The minimum atomic E-state index is 0.512. The Balaban J connectivity index is 1.82. The maximum Gasteiger partial charge on any atom is 0.0694 e. The Morgan fingerprint density at radius 2 is 2.06 bits per heavy atom. The van der Waals surface area contributed by atoms with E-state index in [9.17, 15) is 0 Å². The Labute approximate surface area is 111 Å². The van der Waals surface area contributed by atoms with Crippen molar-refractivity contribution in [1.29, 1.82) is 0 Å². The number of nitrogens with zero attached hydrogens (tertiary/aromatic N) is 2. The molecule has 3 nitrogen and oxygen atoms in total. The molecule has 18 heavy (non-hydrogen) atoms. The van der Waals surface area contributed by atoms with Crippen molar-refractivity contribution < 1.29 is 0 Å². The van der Waals surface area contributed by atoms with Crippen LogP contribution < -0.4 is 5.32 Å². The van der Waals surface area contributed by atoms with Crippen molar-refractivity contribution in [2.24, 2.45) is 13.0 Å². The minimum Gasteiger partial charge on any atom is -0.312 e. The predicted molar refractivity (Wildman–Crippen MR) is 75.6 cm³/mol. The van der Waals surface area contributed by atoms with Crippen LogP contribution in [0.15, 0.2) is 6.20 Å². The van der Waals surface area contributed by atoms with Gasteiger partial charge in [-0.25, -0.2) is 0 Å². The third kappa shape index (κ3) is 3.58. The van der Waals surface area contributed by atoms with E-state index in [1.54, 1.807) is 0 Å². The molecule has 1 aliphatic rings. The van der Waals surface area contributed by atoms with E-state index in [2.05, 4.69) is 30.5 Å². The summed E-state index contributed by atoms with van der Waals surface area (Å²) < 4.78 is 1.94. The predicted octanol–water partition coefficient (Wildman–Crippen LogP) is 3.21. The molecule has 1 aromatic heterocycles. The van der Waals surface area contributed by atoms with Crippen LogP contribution in [0.3, 0.4) is 0 Å². The minimum absolute atomic E-state index is 0.512. The standard InChI is InChI=1S/C15H27N3/c1-12(2)15-14(11-18(3)17-15)10-16-9-13-7-5-4-6-8-13/h11-13,16H,4-10H2,1-3H3. The van der Waals surface area contributed by atoms with Gasteiger partial charge in [0.25, 0.3) is 0 Å². The summed E-state index contributed by atoms with van der Waals surface area (Å²) in [5, 5.41) is 8.18. The van der Waals surface area contributed by atoms with Crippen LogP contribution in [-0.4, -0.2) is 16.3 Å². The van der Waals surface area contributed by atoms with Gasteiger partial charge >= 0.3 is 0 Å². The number of hydrogen-bond donors (Lipinski definition) is 1. The molecule has 1 aliphatic carbocycles. The molecule has 0 bridgehead atoms. The lowest BCUT2D eigenvalue weighted by Gasteiger charge is -2.21. The number of aromatic nitrogens is 2. The van der Waals surface area contributed by atoms with Crippen molar-refractivity contribution in [3.63, 3.8) is 0 Å². The summed E-state index contributed by atoms with van der Waals surface area (Å²) in [7, 11) is 2.01. The number of nitrogens with one attached hydrogen (secondary N) is 1. The lowest BCUT2D eigenvalue weighted by molar-refractivity contribution is 0.342. The molecule has 0 saturated heterocycles. The first-order chi connectivity index (χ1) is 8.66. The van der Waals surface area contributed by atoms with Crippen molar-refractivity contribution in [2.75, 3.05) is 6.54 Å². The Morgan fingerprint density at radius 1 is 1.33 bits per heavy atom. The highest BCUT2D eigenvalue weighted by Crippen LogP contribution is 2.23. The van der Waals surface area contributed by atoms with Crippen molar-refractivity contribution >= 4 is 0 Å². The summed E-state index contributed by atoms with van der Waals surface area (Å²) in [4.78, 5) is 0. The third-order valence-corrected chi connectivity index (χ3v) is 3.96. The zero-order valence-electron chi connectivity index (χ0n) is 12.1. The molecule has 1 saturated carbocycles. The largest absolute Gasteiger partial charge is 0.312 e. The molecule has 3 heteroatoms. The SMILES string of the molecule is CC(C)c1nn(C)cc1CNCC1CCCCC1. The average Bonchev–Trinajstić information content (AvgIpc) is 2.72. The highest BCUT2D eigenvalue weighted by Gasteiger charge is 2.14. The Kier molecular flexibility index (Phi) is 4.81. The molecule has 0 aliphatic heterocycles. The monoisotopic (exact) mass is 249 g/mol. The van der Waals surface area contributed by atoms with Crippen LogP contribution in [0.4, 0.5) is 0 Å². The van der Waals surface area contributed by atoms with E-state index in [4.69, 9.17) is 0 Å². The van der Waals surface area contributed by atoms with Gasteiger partial charge in [0.1, 0.15) is 0 Å². The van der Waals surface area contributed by atoms with Gasteiger partial charge in [-0.15, -0.1) is 0 Å². The number of aryl methyl sites for hydroxylation is 1. The van der Waals surface area contributed by atoms with Crippen LogP contribution in [0, 0.1) is 5.92 Å². The Bertz CT molecular complexity index is 362. The van der Waals surface area contributed by atoms with E-state index in [0.29, 0.717) is 5.92 Å². The second kappa shape index (κ2) is 6.37. The molecule has 0 amide bonds. The molecular weight excluding hydrogens is 222 g/mol. The van der Waals surface area contributed by atoms with Gasteiger partial charge in [-0.1, -0.05) is 33.1 Å². The van der Waals surface area contributed by atoms with Crippen LogP contribution in [-0.2, 0) is 13.6 Å².